The second-order valence-electron chi connectivity index (χ2n) is 5.23. The molecule has 0 saturated carbocycles. The van der Waals surface area contributed by atoms with Gasteiger partial charge in [-0.15, -0.1) is 0 Å². The third-order valence-electron chi connectivity index (χ3n) is 3.31. The van der Waals surface area contributed by atoms with E-state index >= 15 is 0 Å². The summed E-state index contributed by atoms with van der Waals surface area (Å²) >= 11 is 12.0. The van der Waals surface area contributed by atoms with Crippen LogP contribution in [-0.2, 0) is 14.3 Å². The Balaban J connectivity index is 1.96. The largest absolute Gasteiger partial charge is 0.449 e. The van der Waals surface area contributed by atoms with E-state index in [-0.39, 0.29) is 0 Å². The van der Waals surface area contributed by atoms with E-state index in [2.05, 4.69) is 5.32 Å². The fraction of sp³-hybridized carbons (Fsp3) is 0.105. The first kappa shape index (κ1) is 19.5. The molecule has 0 aliphatic carbocycles. The van der Waals surface area contributed by atoms with E-state index in [1.165, 1.54) is 19.1 Å². The van der Waals surface area contributed by atoms with Crippen molar-refractivity contribution in [1.82, 2.24) is 0 Å². The van der Waals surface area contributed by atoms with Crippen LogP contribution in [0.25, 0.3) is 6.08 Å². The third-order valence-corrected chi connectivity index (χ3v) is 3.97. The van der Waals surface area contributed by atoms with Crippen LogP contribution in [0, 0.1) is 11.3 Å². The quantitative estimate of drug-likeness (QED) is 0.605. The van der Waals surface area contributed by atoms with E-state index in [1.54, 1.807) is 36.4 Å². The molecular weight excluding hydrogens is 375 g/mol. The molecule has 7 heteroatoms. The lowest BCUT2D eigenvalue weighted by molar-refractivity contribution is -0.148. The molecule has 0 radical (unpaired) electrons. The van der Waals surface area contributed by atoms with Crippen molar-refractivity contribution >= 4 is 46.8 Å². The van der Waals surface area contributed by atoms with Crippen molar-refractivity contribution in [3.05, 3.63) is 69.7 Å². The zero-order valence-corrected chi connectivity index (χ0v) is 15.2. The minimum absolute atomic E-state index is 0.393. The molecule has 1 amide bonds. The van der Waals surface area contributed by atoms with E-state index in [9.17, 15) is 9.59 Å². The number of halogens is 2. The summed E-state index contributed by atoms with van der Waals surface area (Å²) in [5.41, 5.74) is 1.33. The summed E-state index contributed by atoms with van der Waals surface area (Å²) in [7, 11) is 0. The first-order valence-electron chi connectivity index (χ1n) is 7.54. The number of nitrogens with one attached hydrogen (secondary N) is 1. The standard InChI is InChI=1S/C19H14Cl2N2O3/c1-12(19(25)23-14-5-2-4-13(10-14)11-22)26-18(24)9-8-15-16(20)6-3-7-17(15)21/h2-10,12H,1H3,(H,23,25)/b9-8+. The lowest BCUT2D eigenvalue weighted by Gasteiger charge is -2.12. The molecule has 26 heavy (non-hydrogen) atoms. The van der Waals surface area contributed by atoms with Gasteiger partial charge in [-0.3, -0.25) is 4.79 Å². The van der Waals surface area contributed by atoms with Gasteiger partial charge < -0.3 is 10.1 Å². The van der Waals surface area contributed by atoms with Gasteiger partial charge in [0.25, 0.3) is 5.91 Å². The topological polar surface area (TPSA) is 79.2 Å². The molecule has 2 rings (SSSR count). The number of anilines is 1. The van der Waals surface area contributed by atoms with Gasteiger partial charge in [0.15, 0.2) is 6.10 Å². The summed E-state index contributed by atoms with van der Waals surface area (Å²) in [6.07, 6.45) is 1.54. The van der Waals surface area contributed by atoms with E-state index < -0.39 is 18.0 Å². The average molecular weight is 389 g/mol. The minimum Gasteiger partial charge on any atom is -0.449 e. The average Bonchev–Trinajstić information content (AvgIpc) is 2.61. The highest BCUT2D eigenvalue weighted by atomic mass is 35.5. The number of benzene rings is 2. The van der Waals surface area contributed by atoms with Crippen LogP contribution < -0.4 is 5.32 Å². The fourth-order valence-corrected chi connectivity index (χ4v) is 2.52. The molecule has 132 valence electrons. The molecule has 0 aromatic heterocycles. The molecular formula is C19H14Cl2N2O3. The van der Waals surface area contributed by atoms with Crippen molar-refractivity contribution < 1.29 is 14.3 Å². The second-order valence-corrected chi connectivity index (χ2v) is 6.04. The second kappa shape index (κ2) is 9.04. The number of esters is 1. The van der Waals surface area contributed by atoms with Crippen LogP contribution >= 0.6 is 23.2 Å². The number of hydrogen-bond donors (Lipinski definition) is 1. The Morgan fingerprint density at radius 2 is 1.85 bits per heavy atom. The first-order valence-corrected chi connectivity index (χ1v) is 8.30. The molecule has 0 aliphatic heterocycles. The van der Waals surface area contributed by atoms with Crippen LogP contribution in [-0.4, -0.2) is 18.0 Å². The summed E-state index contributed by atoms with van der Waals surface area (Å²) in [4.78, 5) is 24.0. The molecule has 2 aromatic rings. The van der Waals surface area contributed by atoms with Gasteiger partial charge in [0.05, 0.1) is 11.6 Å². The Bertz CT molecular complexity index is 884. The van der Waals surface area contributed by atoms with Crippen LogP contribution in [0.4, 0.5) is 5.69 Å². The number of ether oxygens (including phenoxy) is 1. The maximum atomic E-state index is 12.1. The van der Waals surface area contributed by atoms with Gasteiger partial charge in [-0.05, 0) is 43.3 Å². The molecule has 0 bridgehead atoms. The number of carbonyl (C=O) groups excluding carboxylic acids is 2. The molecule has 5 nitrogen and oxygen atoms in total. The van der Waals surface area contributed by atoms with E-state index in [1.807, 2.05) is 6.07 Å². The van der Waals surface area contributed by atoms with Gasteiger partial charge in [-0.1, -0.05) is 35.3 Å². The number of rotatable bonds is 5. The fourth-order valence-electron chi connectivity index (χ4n) is 2.00. The highest BCUT2D eigenvalue weighted by molar-refractivity contribution is 6.37. The van der Waals surface area contributed by atoms with E-state index in [0.29, 0.717) is 26.9 Å². The van der Waals surface area contributed by atoms with Crippen molar-refractivity contribution in [3.8, 4) is 6.07 Å². The number of nitrogens with zero attached hydrogens (tertiary/aromatic N) is 1. The normalized spacial score (nSPS) is 11.6. The minimum atomic E-state index is -1.03. The van der Waals surface area contributed by atoms with E-state index in [4.69, 9.17) is 33.2 Å². The van der Waals surface area contributed by atoms with E-state index in [0.717, 1.165) is 6.08 Å². The van der Waals surface area contributed by atoms with Gasteiger partial charge in [0.2, 0.25) is 0 Å². The molecule has 0 aliphatic rings. The van der Waals surface area contributed by atoms with Crippen LogP contribution in [0.2, 0.25) is 10.0 Å². The molecule has 0 saturated heterocycles. The Kier molecular flexibility index (Phi) is 6.79. The van der Waals surface area contributed by atoms with Gasteiger partial charge >= 0.3 is 5.97 Å². The summed E-state index contributed by atoms with van der Waals surface area (Å²) in [6.45, 7) is 1.44. The van der Waals surface area contributed by atoms with Crippen molar-refractivity contribution in [1.29, 1.82) is 5.26 Å². The lowest BCUT2D eigenvalue weighted by Crippen LogP contribution is -2.29. The van der Waals surface area contributed by atoms with Crippen LogP contribution in [0.1, 0.15) is 18.1 Å². The summed E-state index contributed by atoms with van der Waals surface area (Å²) in [5, 5.41) is 12.2. The Hall–Kier alpha value is -2.81. The van der Waals surface area contributed by atoms with Crippen LogP contribution in [0.3, 0.4) is 0 Å². The molecule has 1 N–H and O–H groups in total. The number of carbonyl (C=O) groups is 2. The number of amides is 1. The smallest absolute Gasteiger partial charge is 0.331 e. The summed E-state index contributed by atoms with van der Waals surface area (Å²) in [6, 6.07) is 13.4. The number of nitriles is 1. The van der Waals surface area contributed by atoms with Crippen molar-refractivity contribution in [3.63, 3.8) is 0 Å². The molecule has 1 atom stereocenters. The molecule has 2 aromatic carbocycles. The Morgan fingerprint density at radius 3 is 2.50 bits per heavy atom. The molecule has 0 spiro atoms. The highest BCUT2D eigenvalue weighted by Gasteiger charge is 2.17. The van der Waals surface area contributed by atoms with Gasteiger partial charge in [-0.2, -0.15) is 5.26 Å². The Morgan fingerprint density at radius 1 is 1.19 bits per heavy atom. The Labute approximate surface area is 160 Å². The molecule has 0 fully saturated rings. The number of hydrogen-bond acceptors (Lipinski definition) is 4. The summed E-state index contributed by atoms with van der Waals surface area (Å²) in [5.74, 6) is -1.23. The predicted molar refractivity (Wildman–Crippen MR) is 101 cm³/mol. The van der Waals surface area contributed by atoms with Crippen LogP contribution in [0.15, 0.2) is 48.5 Å². The molecule has 1 unspecified atom stereocenters. The highest BCUT2D eigenvalue weighted by Crippen LogP contribution is 2.25. The van der Waals surface area contributed by atoms with Crippen molar-refractivity contribution in [2.75, 3.05) is 5.32 Å². The van der Waals surface area contributed by atoms with Gasteiger partial charge in [-0.25, -0.2) is 4.79 Å². The first-order chi connectivity index (χ1) is 12.4. The zero-order chi connectivity index (χ0) is 19.1. The zero-order valence-electron chi connectivity index (χ0n) is 13.7. The van der Waals surface area contributed by atoms with Crippen molar-refractivity contribution in [2.24, 2.45) is 0 Å². The third kappa shape index (κ3) is 5.35. The van der Waals surface area contributed by atoms with Crippen LogP contribution in [0.5, 0.6) is 0 Å². The maximum absolute atomic E-state index is 12.1. The van der Waals surface area contributed by atoms with Gasteiger partial charge in [0.1, 0.15) is 0 Å². The maximum Gasteiger partial charge on any atom is 0.331 e. The predicted octanol–water partition coefficient (Wildman–Crippen LogP) is 4.45. The molecule has 0 heterocycles. The summed E-state index contributed by atoms with van der Waals surface area (Å²) < 4.78 is 5.05. The van der Waals surface area contributed by atoms with Crippen molar-refractivity contribution in [2.45, 2.75) is 13.0 Å². The van der Waals surface area contributed by atoms with Gasteiger partial charge in [0, 0.05) is 27.4 Å². The SMILES string of the molecule is CC(OC(=O)/C=C/c1c(Cl)cccc1Cl)C(=O)Nc1cccc(C#N)c1. The monoisotopic (exact) mass is 388 g/mol. The lowest BCUT2D eigenvalue weighted by atomic mass is 10.2.